The minimum absolute atomic E-state index is 0.508. The standard InChI is InChI=1S/C13H27NO/c1-3-9-14-12(2)10-15-11-13-7-5-4-6-8-13/h12-14H,3-11H2,1-2H3. The van der Waals surface area contributed by atoms with Gasteiger partial charge in [-0.1, -0.05) is 26.2 Å². The molecule has 90 valence electrons. The van der Waals surface area contributed by atoms with Crippen molar-refractivity contribution in [3.8, 4) is 0 Å². The van der Waals surface area contributed by atoms with Crippen LogP contribution < -0.4 is 5.32 Å². The van der Waals surface area contributed by atoms with Crippen molar-refractivity contribution in [3.63, 3.8) is 0 Å². The van der Waals surface area contributed by atoms with Crippen LogP contribution in [0.25, 0.3) is 0 Å². The molecule has 0 spiro atoms. The molecule has 0 aromatic carbocycles. The lowest BCUT2D eigenvalue weighted by Gasteiger charge is -2.22. The van der Waals surface area contributed by atoms with Gasteiger partial charge in [-0.25, -0.2) is 0 Å². The van der Waals surface area contributed by atoms with Crippen LogP contribution in [0.3, 0.4) is 0 Å². The number of hydrogen-bond acceptors (Lipinski definition) is 2. The summed E-state index contributed by atoms with van der Waals surface area (Å²) in [6.07, 6.45) is 8.24. The summed E-state index contributed by atoms with van der Waals surface area (Å²) in [5.74, 6) is 0.845. The average molecular weight is 213 g/mol. The Balaban J connectivity index is 1.94. The third-order valence-electron chi connectivity index (χ3n) is 3.19. The summed E-state index contributed by atoms with van der Waals surface area (Å²) in [5, 5.41) is 3.45. The summed E-state index contributed by atoms with van der Waals surface area (Å²) in [4.78, 5) is 0. The fourth-order valence-electron chi connectivity index (χ4n) is 2.21. The molecule has 1 rings (SSSR count). The monoisotopic (exact) mass is 213 g/mol. The van der Waals surface area contributed by atoms with E-state index in [1.807, 2.05) is 0 Å². The normalized spacial score (nSPS) is 20.4. The van der Waals surface area contributed by atoms with E-state index in [9.17, 15) is 0 Å². The van der Waals surface area contributed by atoms with Gasteiger partial charge < -0.3 is 10.1 Å². The van der Waals surface area contributed by atoms with Crippen molar-refractivity contribution in [2.24, 2.45) is 5.92 Å². The van der Waals surface area contributed by atoms with E-state index in [1.54, 1.807) is 0 Å². The summed E-state index contributed by atoms with van der Waals surface area (Å²) < 4.78 is 5.77. The van der Waals surface area contributed by atoms with Crippen LogP contribution in [0.2, 0.25) is 0 Å². The lowest BCUT2D eigenvalue weighted by Crippen LogP contribution is -2.31. The molecule has 1 aliphatic rings. The highest BCUT2D eigenvalue weighted by molar-refractivity contribution is 4.66. The van der Waals surface area contributed by atoms with Gasteiger partial charge in [0.2, 0.25) is 0 Å². The van der Waals surface area contributed by atoms with Gasteiger partial charge in [0, 0.05) is 12.6 Å². The summed E-state index contributed by atoms with van der Waals surface area (Å²) in [5.41, 5.74) is 0. The molecule has 1 N–H and O–H groups in total. The number of ether oxygens (including phenoxy) is 1. The van der Waals surface area contributed by atoms with E-state index in [1.165, 1.54) is 38.5 Å². The molecular weight excluding hydrogens is 186 g/mol. The highest BCUT2D eigenvalue weighted by Crippen LogP contribution is 2.23. The Labute approximate surface area is 94.8 Å². The third kappa shape index (κ3) is 6.16. The molecule has 0 radical (unpaired) electrons. The maximum absolute atomic E-state index is 5.77. The van der Waals surface area contributed by atoms with E-state index in [2.05, 4.69) is 19.2 Å². The zero-order chi connectivity index (χ0) is 10.9. The second kappa shape index (κ2) is 8.12. The molecule has 1 atom stereocenters. The van der Waals surface area contributed by atoms with E-state index in [-0.39, 0.29) is 0 Å². The molecule has 0 aromatic rings. The number of hydrogen-bond donors (Lipinski definition) is 1. The third-order valence-corrected chi connectivity index (χ3v) is 3.19. The Bertz CT molecular complexity index is 143. The fourth-order valence-corrected chi connectivity index (χ4v) is 2.21. The molecule has 2 heteroatoms. The zero-order valence-corrected chi connectivity index (χ0v) is 10.4. The highest BCUT2D eigenvalue weighted by atomic mass is 16.5. The molecule has 15 heavy (non-hydrogen) atoms. The second-order valence-corrected chi connectivity index (χ2v) is 4.90. The van der Waals surface area contributed by atoms with Crippen LogP contribution in [0.1, 0.15) is 52.4 Å². The van der Waals surface area contributed by atoms with Gasteiger partial charge in [-0.05, 0) is 38.6 Å². The van der Waals surface area contributed by atoms with Crippen LogP contribution in [0.15, 0.2) is 0 Å². The first-order chi connectivity index (χ1) is 7.33. The van der Waals surface area contributed by atoms with Crippen LogP contribution in [0.5, 0.6) is 0 Å². The minimum atomic E-state index is 0.508. The molecule has 1 aliphatic carbocycles. The lowest BCUT2D eigenvalue weighted by atomic mass is 9.90. The van der Waals surface area contributed by atoms with Crippen LogP contribution in [-0.2, 0) is 4.74 Å². The molecule has 0 amide bonds. The van der Waals surface area contributed by atoms with Gasteiger partial charge in [0.1, 0.15) is 0 Å². The first-order valence-corrected chi connectivity index (χ1v) is 6.64. The SMILES string of the molecule is CCCNC(C)COCC1CCCCC1. The van der Waals surface area contributed by atoms with E-state index >= 15 is 0 Å². The molecule has 1 fully saturated rings. The quantitative estimate of drug-likeness (QED) is 0.702. The highest BCUT2D eigenvalue weighted by Gasteiger charge is 2.13. The largest absolute Gasteiger partial charge is 0.380 e. The number of rotatable bonds is 7. The van der Waals surface area contributed by atoms with Crippen LogP contribution in [-0.4, -0.2) is 25.8 Å². The Kier molecular flexibility index (Phi) is 7.03. The van der Waals surface area contributed by atoms with Crippen molar-refractivity contribution >= 4 is 0 Å². The van der Waals surface area contributed by atoms with Gasteiger partial charge in [-0.3, -0.25) is 0 Å². The van der Waals surface area contributed by atoms with Gasteiger partial charge in [0.15, 0.2) is 0 Å². The summed E-state index contributed by atoms with van der Waals surface area (Å²) >= 11 is 0. The molecule has 0 saturated heterocycles. The molecular formula is C13H27NO. The van der Waals surface area contributed by atoms with Crippen molar-refractivity contribution in [3.05, 3.63) is 0 Å². The molecule has 0 aliphatic heterocycles. The van der Waals surface area contributed by atoms with Gasteiger partial charge in [0.05, 0.1) is 6.61 Å². The van der Waals surface area contributed by atoms with Crippen LogP contribution >= 0.6 is 0 Å². The number of nitrogens with one attached hydrogen (secondary N) is 1. The molecule has 2 nitrogen and oxygen atoms in total. The first kappa shape index (κ1) is 13.0. The second-order valence-electron chi connectivity index (χ2n) is 4.90. The van der Waals surface area contributed by atoms with Gasteiger partial charge >= 0.3 is 0 Å². The Hall–Kier alpha value is -0.0800. The van der Waals surface area contributed by atoms with Crippen LogP contribution in [0, 0.1) is 5.92 Å². The minimum Gasteiger partial charge on any atom is -0.380 e. The van der Waals surface area contributed by atoms with E-state index in [0.717, 1.165) is 25.7 Å². The average Bonchev–Trinajstić information content (AvgIpc) is 2.28. The Morgan fingerprint density at radius 3 is 2.67 bits per heavy atom. The van der Waals surface area contributed by atoms with Gasteiger partial charge in [-0.2, -0.15) is 0 Å². The Morgan fingerprint density at radius 2 is 2.00 bits per heavy atom. The molecule has 1 unspecified atom stereocenters. The summed E-state index contributed by atoms with van der Waals surface area (Å²) in [6.45, 7) is 7.36. The van der Waals surface area contributed by atoms with Crippen molar-refractivity contribution in [1.29, 1.82) is 0 Å². The Morgan fingerprint density at radius 1 is 1.27 bits per heavy atom. The van der Waals surface area contributed by atoms with Crippen molar-refractivity contribution in [2.45, 2.75) is 58.4 Å². The van der Waals surface area contributed by atoms with Crippen molar-refractivity contribution in [2.75, 3.05) is 19.8 Å². The summed E-state index contributed by atoms with van der Waals surface area (Å²) in [6, 6.07) is 0.508. The van der Waals surface area contributed by atoms with Crippen molar-refractivity contribution in [1.82, 2.24) is 5.32 Å². The van der Waals surface area contributed by atoms with E-state index in [4.69, 9.17) is 4.74 Å². The fraction of sp³-hybridized carbons (Fsp3) is 1.00. The maximum atomic E-state index is 5.77. The van der Waals surface area contributed by atoms with Crippen molar-refractivity contribution < 1.29 is 4.74 Å². The molecule has 0 heterocycles. The summed E-state index contributed by atoms with van der Waals surface area (Å²) in [7, 11) is 0. The lowest BCUT2D eigenvalue weighted by molar-refractivity contribution is 0.0725. The smallest absolute Gasteiger partial charge is 0.0617 e. The molecule has 1 saturated carbocycles. The zero-order valence-electron chi connectivity index (χ0n) is 10.4. The molecule has 0 bridgehead atoms. The van der Waals surface area contributed by atoms with E-state index in [0.29, 0.717) is 6.04 Å². The predicted molar refractivity (Wildman–Crippen MR) is 65.1 cm³/mol. The maximum Gasteiger partial charge on any atom is 0.0617 e. The first-order valence-electron chi connectivity index (χ1n) is 6.64. The van der Waals surface area contributed by atoms with Gasteiger partial charge in [0.25, 0.3) is 0 Å². The molecule has 0 aromatic heterocycles. The van der Waals surface area contributed by atoms with Gasteiger partial charge in [-0.15, -0.1) is 0 Å². The topological polar surface area (TPSA) is 21.3 Å². The van der Waals surface area contributed by atoms with Crippen LogP contribution in [0.4, 0.5) is 0 Å². The van der Waals surface area contributed by atoms with E-state index < -0.39 is 0 Å². The predicted octanol–water partition coefficient (Wildman–Crippen LogP) is 2.97.